The van der Waals surface area contributed by atoms with Gasteiger partial charge in [-0.15, -0.1) is 0 Å². The molecule has 24 heavy (non-hydrogen) atoms. The highest BCUT2D eigenvalue weighted by Gasteiger charge is 2.43. The van der Waals surface area contributed by atoms with Crippen LogP contribution >= 0.6 is 0 Å². The molecule has 130 valence electrons. The number of rotatable bonds is 5. The lowest BCUT2D eigenvalue weighted by Gasteiger charge is -2.29. The summed E-state index contributed by atoms with van der Waals surface area (Å²) in [6.07, 6.45) is 5.80. The topological polar surface area (TPSA) is 88.5 Å². The van der Waals surface area contributed by atoms with Gasteiger partial charge in [0, 0.05) is 32.4 Å². The molecule has 0 bridgehead atoms. The van der Waals surface area contributed by atoms with Gasteiger partial charge in [0.05, 0.1) is 24.6 Å². The molecule has 3 N–H and O–H groups in total. The zero-order valence-corrected chi connectivity index (χ0v) is 14.0. The van der Waals surface area contributed by atoms with E-state index >= 15 is 0 Å². The van der Waals surface area contributed by atoms with Crippen LogP contribution in [0.1, 0.15) is 12.8 Å². The third kappa shape index (κ3) is 2.56. The van der Waals surface area contributed by atoms with Crippen LogP contribution in [0.25, 0.3) is 11.0 Å². The molecule has 0 radical (unpaired) electrons. The van der Waals surface area contributed by atoms with Crippen LogP contribution in [0.4, 0.5) is 5.82 Å². The summed E-state index contributed by atoms with van der Waals surface area (Å²) < 4.78 is 0. The predicted octanol–water partition coefficient (Wildman–Crippen LogP) is 0.458. The average molecular weight is 331 g/mol. The van der Waals surface area contributed by atoms with Crippen LogP contribution < -0.4 is 4.90 Å². The van der Waals surface area contributed by atoms with E-state index in [1.165, 1.54) is 0 Å². The van der Waals surface area contributed by atoms with Gasteiger partial charge in [-0.3, -0.25) is 4.90 Å². The highest BCUT2D eigenvalue weighted by Crippen LogP contribution is 2.41. The van der Waals surface area contributed by atoms with Crippen molar-refractivity contribution in [1.82, 2.24) is 19.9 Å². The Bertz CT molecular complexity index is 687. The quantitative estimate of drug-likeness (QED) is 0.738. The van der Waals surface area contributed by atoms with Crippen LogP contribution in [0.2, 0.25) is 0 Å². The summed E-state index contributed by atoms with van der Waals surface area (Å²) in [6.45, 7) is 2.02. The summed E-state index contributed by atoms with van der Waals surface area (Å²) in [5, 5.41) is 19.9. The van der Waals surface area contributed by atoms with Gasteiger partial charge in [0.1, 0.15) is 17.8 Å². The standard InChI is InChI=1S/C17H25N5O2/c1-21(17-15-2-3-18-16(15)19-10-20-17)13-4-11-6-22(7-12(11)5-13)14(8-23)9-24/h2-3,10-14,23-24H,4-9H2,1H3,(H,18,19,20). The molecule has 1 aliphatic carbocycles. The summed E-state index contributed by atoms with van der Waals surface area (Å²) in [4.78, 5) is 16.5. The van der Waals surface area contributed by atoms with Crippen LogP contribution in [0.5, 0.6) is 0 Å². The summed E-state index contributed by atoms with van der Waals surface area (Å²) >= 11 is 0. The Kier molecular flexibility index (Phi) is 4.15. The molecule has 0 amide bonds. The number of aliphatic hydroxyl groups is 2. The van der Waals surface area contributed by atoms with Gasteiger partial charge in [0.2, 0.25) is 0 Å². The van der Waals surface area contributed by atoms with Crippen molar-refractivity contribution in [3.8, 4) is 0 Å². The van der Waals surface area contributed by atoms with E-state index in [2.05, 4.69) is 31.8 Å². The zero-order valence-electron chi connectivity index (χ0n) is 14.0. The van der Waals surface area contributed by atoms with Crippen LogP contribution in [-0.2, 0) is 0 Å². The van der Waals surface area contributed by atoms with Crippen LogP contribution in [0, 0.1) is 11.8 Å². The molecule has 3 heterocycles. The van der Waals surface area contributed by atoms with E-state index in [-0.39, 0.29) is 19.3 Å². The molecule has 2 unspecified atom stereocenters. The third-order valence-corrected chi connectivity index (χ3v) is 5.91. The van der Waals surface area contributed by atoms with Gasteiger partial charge in [0.15, 0.2) is 0 Å². The van der Waals surface area contributed by atoms with Crippen molar-refractivity contribution < 1.29 is 10.2 Å². The van der Waals surface area contributed by atoms with Crippen molar-refractivity contribution in [3.05, 3.63) is 18.6 Å². The van der Waals surface area contributed by atoms with Crippen LogP contribution in [-0.4, -0.2) is 75.5 Å². The maximum atomic E-state index is 9.39. The number of H-pyrrole nitrogens is 1. The van der Waals surface area contributed by atoms with Crippen molar-refractivity contribution in [2.45, 2.75) is 24.9 Å². The molecule has 1 aliphatic heterocycles. The average Bonchev–Trinajstić information content (AvgIpc) is 3.28. The van der Waals surface area contributed by atoms with Gasteiger partial charge in [-0.1, -0.05) is 0 Å². The molecule has 1 saturated carbocycles. The van der Waals surface area contributed by atoms with Crippen LogP contribution in [0.15, 0.2) is 18.6 Å². The SMILES string of the molecule is CN(c1ncnc2[nH]ccc12)C1CC2CN(C(CO)CO)CC2C1. The number of nitrogens with zero attached hydrogens (tertiary/aromatic N) is 4. The Morgan fingerprint density at radius 1 is 1.25 bits per heavy atom. The van der Waals surface area contributed by atoms with Crippen molar-refractivity contribution in [2.24, 2.45) is 11.8 Å². The van der Waals surface area contributed by atoms with Crippen molar-refractivity contribution in [2.75, 3.05) is 38.3 Å². The lowest BCUT2D eigenvalue weighted by molar-refractivity contribution is 0.0846. The zero-order chi connectivity index (χ0) is 16.7. The number of anilines is 1. The molecule has 4 rings (SSSR count). The van der Waals surface area contributed by atoms with E-state index < -0.39 is 0 Å². The molecule has 2 atom stereocenters. The van der Waals surface area contributed by atoms with E-state index in [1.807, 2.05) is 12.3 Å². The summed E-state index contributed by atoms with van der Waals surface area (Å²) in [5.41, 5.74) is 0.880. The second kappa shape index (κ2) is 6.31. The monoisotopic (exact) mass is 331 g/mol. The minimum Gasteiger partial charge on any atom is -0.395 e. The first-order chi connectivity index (χ1) is 11.7. The number of aliphatic hydroxyl groups excluding tert-OH is 2. The lowest BCUT2D eigenvalue weighted by Crippen LogP contribution is -2.40. The molecule has 2 aliphatic rings. The van der Waals surface area contributed by atoms with E-state index in [4.69, 9.17) is 0 Å². The maximum absolute atomic E-state index is 9.39. The van der Waals surface area contributed by atoms with E-state index in [0.717, 1.165) is 42.8 Å². The minimum absolute atomic E-state index is 0.0334. The smallest absolute Gasteiger partial charge is 0.142 e. The number of likely N-dealkylation sites (tertiary alicyclic amines) is 1. The van der Waals surface area contributed by atoms with Gasteiger partial charge in [0.25, 0.3) is 0 Å². The Morgan fingerprint density at radius 3 is 2.62 bits per heavy atom. The van der Waals surface area contributed by atoms with Gasteiger partial charge in [-0.25, -0.2) is 9.97 Å². The Balaban J connectivity index is 1.46. The number of nitrogens with one attached hydrogen (secondary N) is 1. The fourth-order valence-corrected chi connectivity index (χ4v) is 4.52. The summed E-state index contributed by atoms with van der Waals surface area (Å²) in [7, 11) is 2.13. The first-order valence-corrected chi connectivity index (χ1v) is 8.68. The van der Waals surface area contributed by atoms with Crippen molar-refractivity contribution in [1.29, 1.82) is 0 Å². The van der Waals surface area contributed by atoms with Crippen molar-refractivity contribution in [3.63, 3.8) is 0 Å². The van der Waals surface area contributed by atoms with Crippen molar-refractivity contribution >= 4 is 16.9 Å². The molecule has 1 saturated heterocycles. The lowest BCUT2D eigenvalue weighted by atomic mass is 10.0. The predicted molar refractivity (Wildman–Crippen MR) is 91.8 cm³/mol. The molecule has 2 fully saturated rings. The maximum Gasteiger partial charge on any atom is 0.142 e. The van der Waals surface area contributed by atoms with Gasteiger partial charge < -0.3 is 20.1 Å². The summed E-state index contributed by atoms with van der Waals surface area (Å²) in [5.74, 6) is 2.27. The highest BCUT2D eigenvalue weighted by molar-refractivity contribution is 5.87. The number of hydrogen-bond acceptors (Lipinski definition) is 6. The molecule has 7 heteroatoms. The van der Waals surface area contributed by atoms with E-state index in [1.54, 1.807) is 6.33 Å². The second-order valence-electron chi connectivity index (χ2n) is 7.17. The summed E-state index contributed by atoms with van der Waals surface area (Å²) in [6, 6.07) is 2.41. The molecule has 0 aromatic carbocycles. The Labute approximate surface area is 141 Å². The van der Waals surface area contributed by atoms with Gasteiger partial charge in [-0.2, -0.15) is 0 Å². The molecular formula is C17H25N5O2. The largest absolute Gasteiger partial charge is 0.395 e. The number of fused-ring (bicyclic) bond motifs is 2. The first-order valence-electron chi connectivity index (χ1n) is 8.68. The molecule has 2 aromatic heterocycles. The fourth-order valence-electron chi connectivity index (χ4n) is 4.52. The number of aromatic amines is 1. The molecular weight excluding hydrogens is 306 g/mol. The molecule has 0 spiro atoms. The van der Waals surface area contributed by atoms with E-state index in [0.29, 0.717) is 17.9 Å². The van der Waals surface area contributed by atoms with Gasteiger partial charge >= 0.3 is 0 Å². The van der Waals surface area contributed by atoms with E-state index in [9.17, 15) is 10.2 Å². The van der Waals surface area contributed by atoms with Gasteiger partial charge in [-0.05, 0) is 30.7 Å². The minimum atomic E-state index is -0.104. The normalized spacial score (nSPS) is 27.2. The number of hydrogen-bond donors (Lipinski definition) is 3. The first kappa shape index (κ1) is 15.8. The Morgan fingerprint density at radius 2 is 1.96 bits per heavy atom. The Hall–Kier alpha value is -1.70. The number of aromatic nitrogens is 3. The molecule has 2 aromatic rings. The van der Waals surface area contributed by atoms with Crippen LogP contribution in [0.3, 0.4) is 0 Å². The second-order valence-corrected chi connectivity index (χ2v) is 7.17. The third-order valence-electron chi connectivity index (χ3n) is 5.91. The molecule has 7 nitrogen and oxygen atoms in total. The fraction of sp³-hybridized carbons (Fsp3) is 0.647. The highest BCUT2D eigenvalue weighted by atomic mass is 16.3.